The Morgan fingerprint density at radius 2 is 1.86 bits per heavy atom. The number of amides is 1. The van der Waals surface area contributed by atoms with Gasteiger partial charge >= 0.3 is 0 Å². The average molecular weight is 301 g/mol. The number of halogens is 1. The molecule has 0 atom stereocenters. The molecule has 0 fully saturated rings. The molecular formula is C17H20FN3O. The Balaban J connectivity index is 1.99. The maximum Gasteiger partial charge on any atom is 0.248 e. The lowest BCUT2D eigenvalue weighted by Crippen LogP contribution is -2.11. The monoisotopic (exact) mass is 301 g/mol. The van der Waals surface area contributed by atoms with Crippen LogP contribution in [-0.4, -0.2) is 11.9 Å². The molecular weight excluding hydrogens is 281 g/mol. The molecule has 0 saturated heterocycles. The van der Waals surface area contributed by atoms with Crippen LogP contribution >= 0.6 is 0 Å². The maximum absolute atomic E-state index is 13.9. The van der Waals surface area contributed by atoms with E-state index in [0.29, 0.717) is 17.8 Å². The highest BCUT2D eigenvalue weighted by molar-refractivity contribution is 5.93. The highest BCUT2D eigenvalue weighted by Gasteiger charge is 2.05. The molecule has 0 aliphatic rings. The van der Waals surface area contributed by atoms with Crippen molar-refractivity contribution in [1.82, 2.24) is 0 Å². The molecule has 0 aromatic heterocycles. The summed E-state index contributed by atoms with van der Waals surface area (Å²) in [5.41, 5.74) is 7.83. The number of hydrogen-bond donors (Lipinski definition) is 3. The summed E-state index contributed by atoms with van der Waals surface area (Å²) in [6.07, 6.45) is 0. The molecule has 2 aromatic carbocycles. The third-order valence-corrected chi connectivity index (χ3v) is 3.14. The van der Waals surface area contributed by atoms with Gasteiger partial charge in [0.2, 0.25) is 5.91 Å². The lowest BCUT2D eigenvalue weighted by Gasteiger charge is -2.12. The van der Waals surface area contributed by atoms with Crippen molar-refractivity contribution in [3.05, 3.63) is 59.4 Å². The molecule has 4 nitrogen and oxygen atoms in total. The zero-order chi connectivity index (χ0) is 16.1. The number of primary amides is 1. The van der Waals surface area contributed by atoms with Gasteiger partial charge in [0.05, 0.1) is 5.69 Å². The fourth-order valence-corrected chi connectivity index (χ4v) is 2.05. The summed E-state index contributed by atoms with van der Waals surface area (Å²) >= 11 is 0. The van der Waals surface area contributed by atoms with Crippen molar-refractivity contribution < 1.29 is 9.18 Å². The zero-order valence-corrected chi connectivity index (χ0v) is 12.7. The van der Waals surface area contributed by atoms with Gasteiger partial charge in [0.15, 0.2) is 0 Å². The summed E-state index contributed by atoms with van der Waals surface area (Å²) in [4.78, 5) is 11.0. The summed E-state index contributed by atoms with van der Waals surface area (Å²) in [6, 6.07) is 12.1. The van der Waals surface area contributed by atoms with E-state index >= 15 is 0 Å². The average Bonchev–Trinajstić information content (AvgIpc) is 2.47. The lowest BCUT2D eigenvalue weighted by atomic mass is 10.1. The van der Waals surface area contributed by atoms with E-state index in [0.717, 1.165) is 11.3 Å². The molecule has 116 valence electrons. The van der Waals surface area contributed by atoms with Crippen molar-refractivity contribution in [2.45, 2.75) is 26.4 Å². The topological polar surface area (TPSA) is 67.2 Å². The van der Waals surface area contributed by atoms with Gasteiger partial charge in [-0.05, 0) is 55.8 Å². The number of hydrogen-bond acceptors (Lipinski definition) is 3. The summed E-state index contributed by atoms with van der Waals surface area (Å²) in [5.74, 6) is -0.723. The zero-order valence-electron chi connectivity index (χ0n) is 12.7. The highest BCUT2D eigenvalue weighted by atomic mass is 19.1. The van der Waals surface area contributed by atoms with Crippen LogP contribution in [0.25, 0.3) is 0 Å². The van der Waals surface area contributed by atoms with Crippen LogP contribution < -0.4 is 16.4 Å². The van der Waals surface area contributed by atoms with E-state index in [9.17, 15) is 9.18 Å². The lowest BCUT2D eigenvalue weighted by molar-refractivity contribution is 0.100. The van der Waals surface area contributed by atoms with E-state index in [2.05, 4.69) is 10.6 Å². The molecule has 0 aliphatic carbocycles. The molecule has 0 aliphatic heterocycles. The predicted octanol–water partition coefficient (Wildman–Crippen LogP) is 3.36. The molecule has 0 spiro atoms. The first-order chi connectivity index (χ1) is 10.5. The van der Waals surface area contributed by atoms with Crippen LogP contribution in [0.3, 0.4) is 0 Å². The van der Waals surface area contributed by atoms with Crippen molar-refractivity contribution in [3.8, 4) is 0 Å². The summed E-state index contributed by atoms with van der Waals surface area (Å²) in [7, 11) is 0. The second-order valence-electron chi connectivity index (χ2n) is 5.41. The van der Waals surface area contributed by atoms with Crippen molar-refractivity contribution in [2.24, 2.45) is 5.73 Å². The molecule has 0 saturated carbocycles. The molecule has 0 heterocycles. The maximum atomic E-state index is 13.9. The summed E-state index contributed by atoms with van der Waals surface area (Å²) in [5, 5.41) is 6.23. The van der Waals surface area contributed by atoms with Gasteiger partial charge in [0.1, 0.15) is 5.82 Å². The molecule has 0 radical (unpaired) electrons. The number of nitrogens with one attached hydrogen (secondary N) is 2. The highest BCUT2D eigenvalue weighted by Crippen LogP contribution is 2.18. The van der Waals surface area contributed by atoms with Gasteiger partial charge < -0.3 is 16.4 Å². The number of anilines is 2. The largest absolute Gasteiger partial charge is 0.381 e. The van der Waals surface area contributed by atoms with Crippen molar-refractivity contribution in [3.63, 3.8) is 0 Å². The van der Waals surface area contributed by atoms with Crippen molar-refractivity contribution in [1.29, 1.82) is 0 Å². The predicted molar refractivity (Wildman–Crippen MR) is 87.4 cm³/mol. The van der Waals surface area contributed by atoms with Gasteiger partial charge in [-0.2, -0.15) is 0 Å². The minimum Gasteiger partial charge on any atom is -0.381 e. The molecule has 22 heavy (non-hydrogen) atoms. The quantitative estimate of drug-likeness (QED) is 0.766. The third-order valence-electron chi connectivity index (χ3n) is 3.14. The fraction of sp³-hybridized carbons (Fsp3) is 0.235. The van der Waals surface area contributed by atoms with E-state index in [4.69, 9.17) is 5.73 Å². The first kappa shape index (κ1) is 15.8. The van der Waals surface area contributed by atoms with Crippen molar-refractivity contribution in [2.75, 3.05) is 10.6 Å². The van der Waals surface area contributed by atoms with Gasteiger partial charge in [0.25, 0.3) is 0 Å². The molecule has 4 N–H and O–H groups in total. The Kier molecular flexibility index (Phi) is 4.99. The molecule has 2 rings (SSSR count). The Morgan fingerprint density at radius 1 is 1.18 bits per heavy atom. The third kappa shape index (κ3) is 4.22. The second-order valence-corrected chi connectivity index (χ2v) is 5.41. The summed E-state index contributed by atoms with van der Waals surface area (Å²) < 4.78 is 13.9. The van der Waals surface area contributed by atoms with Crippen LogP contribution in [0, 0.1) is 5.82 Å². The molecule has 5 heteroatoms. The molecule has 0 bridgehead atoms. The Morgan fingerprint density at radius 3 is 2.41 bits per heavy atom. The van der Waals surface area contributed by atoms with E-state index in [1.165, 1.54) is 6.07 Å². The van der Waals surface area contributed by atoms with Gasteiger partial charge in [-0.3, -0.25) is 4.79 Å². The van der Waals surface area contributed by atoms with Crippen LogP contribution in [0.1, 0.15) is 29.8 Å². The van der Waals surface area contributed by atoms with Crippen molar-refractivity contribution >= 4 is 17.3 Å². The van der Waals surface area contributed by atoms with Gasteiger partial charge in [-0.1, -0.05) is 6.07 Å². The van der Waals surface area contributed by atoms with Crippen LogP contribution in [0.4, 0.5) is 15.8 Å². The smallest absolute Gasteiger partial charge is 0.248 e. The van der Waals surface area contributed by atoms with Gasteiger partial charge in [-0.25, -0.2) is 4.39 Å². The van der Waals surface area contributed by atoms with Gasteiger partial charge in [-0.15, -0.1) is 0 Å². The van der Waals surface area contributed by atoms with Crippen LogP contribution in [0.5, 0.6) is 0 Å². The van der Waals surface area contributed by atoms with E-state index in [1.807, 2.05) is 19.9 Å². The van der Waals surface area contributed by atoms with E-state index < -0.39 is 5.91 Å². The Labute approximate surface area is 129 Å². The number of benzene rings is 2. The number of carbonyl (C=O) groups excluding carboxylic acids is 1. The van der Waals surface area contributed by atoms with Crippen LogP contribution in [0.2, 0.25) is 0 Å². The number of nitrogens with two attached hydrogens (primary N) is 1. The Bertz CT molecular complexity index is 653. The second kappa shape index (κ2) is 6.93. The number of rotatable bonds is 6. The minimum atomic E-state index is -0.457. The first-order valence-corrected chi connectivity index (χ1v) is 7.14. The molecule has 2 aromatic rings. The fourth-order valence-electron chi connectivity index (χ4n) is 2.05. The minimum absolute atomic E-state index is 0.183. The number of carbonyl (C=O) groups is 1. The van der Waals surface area contributed by atoms with E-state index in [-0.39, 0.29) is 11.9 Å². The van der Waals surface area contributed by atoms with Gasteiger partial charge in [0, 0.05) is 23.8 Å². The first-order valence-electron chi connectivity index (χ1n) is 7.14. The normalized spacial score (nSPS) is 10.5. The summed E-state index contributed by atoms with van der Waals surface area (Å²) in [6.45, 7) is 4.42. The Hall–Kier alpha value is -2.56. The van der Waals surface area contributed by atoms with Crippen LogP contribution in [0.15, 0.2) is 42.5 Å². The molecule has 1 amide bonds. The van der Waals surface area contributed by atoms with Crippen LogP contribution in [-0.2, 0) is 6.54 Å². The molecule has 0 unspecified atom stereocenters. The SMILES string of the molecule is CC(C)Nc1ccc(CNc2ccc(C(N)=O)cc2)cc1F. The van der Waals surface area contributed by atoms with E-state index in [1.54, 1.807) is 30.3 Å². The standard InChI is InChI=1S/C17H20FN3O/c1-11(2)21-16-8-3-12(9-15(16)18)10-20-14-6-4-13(5-7-14)17(19)22/h3-9,11,20-21H,10H2,1-2H3,(H2,19,22).